The van der Waals surface area contributed by atoms with Crippen LogP contribution in [0.4, 0.5) is 10.5 Å². The zero-order chi connectivity index (χ0) is 25.9. The smallest absolute Gasteiger partial charge is 0.411 e. The number of methoxy groups -OCH3 is 1. The van der Waals surface area contributed by atoms with Gasteiger partial charge in [0.25, 0.3) is 0 Å². The monoisotopic (exact) mass is 514 g/mol. The third kappa shape index (κ3) is 4.66. The molecule has 9 nitrogen and oxygen atoms in total. The molecule has 2 aromatic heterocycles. The number of hydrogen-bond donors (Lipinski definition) is 1. The van der Waals surface area contributed by atoms with E-state index >= 15 is 0 Å². The number of esters is 1. The Labute approximate surface area is 216 Å². The SMILES string of the molecule is CCOC(=O)c1c(-c2ccc(C=O)cc2)c2cc(NC(=O)OC)ccc2n1Cc1ccc2nsnc2c1. The van der Waals surface area contributed by atoms with Crippen molar-refractivity contribution < 1.29 is 23.9 Å². The lowest BCUT2D eigenvalue weighted by molar-refractivity contribution is 0.0516. The number of nitrogens with zero attached hydrogens (tertiary/aromatic N) is 3. The molecule has 0 aliphatic rings. The second-order valence-corrected chi connectivity index (χ2v) is 8.73. The second kappa shape index (κ2) is 10.2. The summed E-state index contributed by atoms with van der Waals surface area (Å²) in [4.78, 5) is 36.5. The number of aldehydes is 1. The van der Waals surface area contributed by atoms with E-state index in [4.69, 9.17) is 9.47 Å². The van der Waals surface area contributed by atoms with Crippen molar-refractivity contribution in [3.05, 3.63) is 77.5 Å². The average molecular weight is 515 g/mol. The van der Waals surface area contributed by atoms with Crippen molar-refractivity contribution in [3.8, 4) is 11.1 Å². The molecule has 0 saturated heterocycles. The van der Waals surface area contributed by atoms with Crippen LogP contribution in [-0.4, -0.2) is 45.4 Å². The summed E-state index contributed by atoms with van der Waals surface area (Å²) in [6, 6.07) is 18.2. The van der Waals surface area contributed by atoms with E-state index in [1.165, 1.54) is 7.11 Å². The summed E-state index contributed by atoms with van der Waals surface area (Å²) < 4.78 is 20.7. The van der Waals surface area contributed by atoms with E-state index < -0.39 is 12.1 Å². The van der Waals surface area contributed by atoms with Crippen molar-refractivity contribution in [1.29, 1.82) is 0 Å². The van der Waals surface area contributed by atoms with Crippen molar-refractivity contribution in [3.63, 3.8) is 0 Å². The maximum atomic E-state index is 13.4. The number of rotatable bonds is 7. The molecular formula is C27H22N4O5S. The van der Waals surface area contributed by atoms with Crippen molar-refractivity contribution in [2.45, 2.75) is 13.5 Å². The summed E-state index contributed by atoms with van der Waals surface area (Å²) in [6.07, 6.45) is 0.160. The number of benzene rings is 3. The van der Waals surface area contributed by atoms with Gasteiger partial charge in [-0.2, -0.15) is 8.75 Å². The number of anilines is 1. The Balaban J connectivity index is 1.76. The van der Waals surface area contributed by atoms with Crippen molar-refractivity contribution >= 4 is 57.7 Å². The molecule has 186 valence electrons. The predicted molar refractivity (Wildman–Crippen MR) is 141 cm³/mol. The van der Waals surface area contributed by atoms with Crippen molar-refractivity contribution in [2.75, 3.05) is 19.0 Å². The first-order valence-electron chi connectivity index (χ1n) is 11.5. The van der Waals surface area contributed by atoms with Gasteiger partial charge in [0.1, 0.15) is 23.0 Å². The topological polar surface area (TPSA) is 112 Å². The van der Waals surface area contributed by atoms with E-state index in [9.17, 15) is 14.4 Å². The first-order chi connectivity index (χ1) is 18.0. The lowest BCUT2D eigenvalue weighted by Gasteiger charge is -2.12. The van der Waals surface area contributed by atoms with Gasteiger partial charge in [-0.05, 0) is 48.4 Å². The number of ether oxygens (including phenoxy) is 2. The Bertz CT molecular complexity index is 1640. The van der Waals surface area contributed by atoms with Gasteiger partial charge in [-0.3, -0.25) is 10.1 Å². The summed E-state index contributed by atoms with van der Waals surface area (Å²) in [6.45, 7) is 2.33. The first kappa shape index (κ1) is 24.1. The summed E-state index contributed by atoms with van der Waals surface area (Å²) in [7, 11) is 1.29. The molecule has 2 heterocycles. The lowest BCUT2D eigenvalue weighted by atomic mass is 10.00. The van der Waals surface area contributed by atoms with Crippen molar-refractivity contribution in [1.82, 2.24) is 13.3 Å². The molecular weight excluding hydrogens is 492 g/mol. The molecule has 0 aliphatic carbocycles. The molecule has 5 aromatic rings. The van der Waals surface area contributed by atoms with Gasteiger partial charge in [0.05, 0.1) is 25.4 Å². The number of carbonyl (C=O) groups is 3. The Morgan fingerprint density at radius 2 is 1.81 bits per heavy atom. The maximum Gasteiger partial charge on any atom is 0.411 e. The van der Waals surface area contributed by atoms with Crippen LogP contribution in [0.3, 0.4) is 0 Å². The summed E-state index contributed by atoms with van der Waals surface area (Å²) in [5.74, 6) is -0.480. The van der Waals surface area contributed by atoms with Gasteiger partial charge < -0.3 is 14.0 Å². The largest absolute Gasteiger partial charge is 0.461 e. The Kier molecular flexibility index (Phi) is 6.65. The van der Waals surface area contributed by atoms with E-state index in [1.807, 2.05) is 28.8 Å². The van der Waals surface area contributed by atoms with E-state index in [1.54, 1.807) is 43.3 Å². The highest BCUT2D eigenvalue weighted by atomic mass is 32.1. The molecule has 1 N–H and O–H groups in total. The van der Waals surface area contributed by atoms with Crippen LogP contribution in [0.25, 0.3) is 33.1 Å². The van der Waals surface area contributed by atoms with Gasteiger partial charge in [0.15, 0.2) is 0 Å². The van der Waals surface area contributed by atoms with Gasteiger partial charge >= 0.3 is 12.1 Å². The normalized spacial score (nSPS) is 11.0. The van der Waals surface area contributed by atoms with Crippen LogP contribution < -0.4 is 5.32 Å². The van der Waals surface area contributed by atoms with Gasteiger partial charge in [0.2, 0.25) is 0 Å². The summed E-state index contributed by atoms with van der Waals surface area (Å²) >= 11 is 1.15. The Hall–Kier alpha value is -4.57. The zero-order valence-corrected chi connectivity index (χ0v) is 20.9. The van der Waals surface area contributed by atoms with Gasteiger partial charge in [-0.15, -0.1) is 0 Å². The second-order valence-electron chi connectivity index (χ2n) is 8.21. The Morgan fingerprint density at radius 3 is 2.54 bits per heavy atom. The Morgan fingerprint density at radius 1 is 1.03 bits per heavy atom. The molecule has 1 amide bonds. The number of carbonyl (C=O) groups excluding carboxylic acids is 3. The first-order valence-corrected chi connectivity index (χ1v) is 12.2. The van der Waals surface area contributed by atoms with E-state index in [2.05, 4.69) is 14.1 Å². The number of aromatic nitrogens is 3. The molecule has 0 atom stereocenters. The molecule has 0 radical (unpaired) electrons. The standard InChI is InChI=1S/C27H22N4O5S/c1-3-36-26(33)25-24(18-7-4-16(15-32)5-8-18)20-13-19(28-27(34)35-2)9-11-23(20)31(25)14-17-6-10-21-22(12-17)30-37-29-21/h4-13,15H,3,14H2,1-2H3,(H,28,34). The molecule has 0 fully saturated rings. The van der Waals surface area contributed by atoms with Gasteiger partial charge in [-0.25, -0.2) is 9.59 Å². The van der Waals surface area contributed by atoms with Crippen LogP contribution >= 0.6 is 11.7 Å². The zero-order valence-electron chi connectivity index (χ0n) is 20.1. The molecule has 37 heavy (non-hydrogen) atoms. The van der Waals surface area contributed by atoms with Gasteiger partial charge in [-0.1, -0.05) is 30.3 Å². The van der Waals surface area contributed by atoms with Crippen LogP contribution in [-0.2, 0) is 16.0 Å². The molecule has 0 spiro atoms. The molecule has 3 aromatic carbocycles. The molecule has 0 bridgehead atoms. The summed E-state index contributed by atoms with van der Waals surface area (Å²) in [5.41, 5.74) is 6.05. The minimum absolute atomic E-state index is 0.204. The minimum atomic E-state index is -0.605. The third-order valence-electron chi connectivity index (χ3n) is 5.96. The third-order valence-corrected chi connectivity index (χ3v) is 6.51. The molecule has 0 unspecified atom stereocenters. The number of nitrogens with one attached hydrogen (secondary N) is 1. The minimum Gasteiger partial charge on any atom is -0.461 e. The fourth-order valence-corrected chi connectivity index (χ4v) is 4.82. The van der Waals surface area contributed by atoms with Gasteiger partial charge in [0, 0.05) is 34.3 Å². The summed E-state index contributed by atoms with van der Waals surface area (Å²) in [5, 5.41) is 3.41. The van der Waals surface area contributed by atoms with Crippen molar-refractivity contribution in [2.24, 2.45) is 0 Å². The average Bonchev–Trinajstić information content (AvgIpc) is 3.51. The molecule has 0 saturated carbocycles. The van der Waals surface area contributed by atoms with E-state index in [0.717, 1.165) is 51.1 Å². The number of hydrogen-bond acceptors (Lipinski definition) is 8. The molecule has 10 heteroatoms. The van der Waals surface area contributed by atoms with Crippen LogP contribution in [0, 0.1) is 0 Å². The molecule has 5 rings (SSSR count). The highest BCUT2D eigenvalue weighted by Crippen LogP contribution is 2.38. The number of amides is 1. The number of fused-ring (bicyclic) bond motifs is 2. The van der Waals surface area contributed by atoms with E-state index in [0.29, 0.717) is 29.1 Å². The maximum absolute atomic E-state index is 13.4. The fourth-order valence-electron chi connectivity index (χ4n) is 4.31. The van der Waals surface area contributed by atoms with E-state index in [-0.39, 0.29) is 6.61 Å². The van der Waals surface area contributed by atoms with Crippen LogP contribution in [0.2, 0.25) is 0 Å². The van der Waals surface area contributed by atoms with Crippen LogP contribution in [0.5, 0.6) is 0 Å². The lowest BCUT2D eigenvalue weighted by Crippen LogP contribution is -2.14. The molecule has 0 aliphatic heterocycles. The quantitative estimate of drug-likeness (QED) is 0.224. The predicted octanol–water partition coefficient (Wildman–Crippen LogP) is 5.53. The highest BCUT2D eigenvalue weighted by Gasteiger charge is 2.26. The van der Waals surface area contributed by atoms with Crippen LogP contribution in [0.1, 0.15) is 33.3 Å². The van der Waals surface area contributed by atoms with Crippen LogP contribution in [0.15, 0.2) is 60.7 Å². The fraction of sp³-hybridized carbons (Fsp3) is 0.148. The highest BCUT2D eigenvalue weighted by molar-refractivity contribution is 7.00.